The Hall–Kier alpha value is -6.21. The fourth-order valence-electron chi connectivity index (χ4n) is 6.24. The first kappa shape index (κ1) is 24.4. The van der Waals surface area contributed by atoms with Crippen LogP contribution in [0.25, 0.3) is 78.0 Å². The Balaban J connectivity index is 1.48. The molecular weight excluding hydrogens is 542 g/mol. The second-order valence-corrected chi connectivity index (χ2v) is 10.7. The Kier molecular flexibility index (Phi) is 5.36. The lowest BCUT2D eigenvalue weighted by Crippen LogP contribution is -2.07. The van der Waals surface area contributed by atoms with Crippen LogP contribution in [0.4, 0.5) is 0 Å². The van der Waals surface area contributed by atoms with Crippen LogP contribution in [0.2, 0.25) is 0 Å². The van der Waals surface area contributed by atoms with Gasteiger partial charge < -0.3 is 4.57 Å². The number of hydrogen-bond donors (Lipinski definition) is 0. The van der Waals surface area contributed by atoms with Crippen molar-refractivity contribution in [2.24, 2.45) is 0 Å². The molecule has 0 spiro atoms. The molecule has 0 fully saturated rings. The molecular formula is C37H23N7. The fourth-order valence-corrected chi connectivity index (χ4v) is 6.24. The molecule has 0 aliphatic heterocycles. The molecule has 0 aliphatic carbocycles. The van der Waals surface area contributed by atoms with Crippen LogP contribution in [0.3, 0.4) is 0 Å². The normalized spacial score (nSPS) is 11.6. The second kappa shape index (κ2) is 9.68. The zero-order valence-corrected chi connectivity index (χ0v) is 23.4. The lowest BCUT2D eigenvalue weighted by Gasteiger charge is -2.13. The van der Waals surface area contributed by atoms with Crippen molar-refractivity contribution in [3.63, 3.8) is 0 Å². The van der Waals surface area contributed by atoms with Gasteiger partial charge in [0.15, 0.2) is 11.6 Å². The summed E-state index contributed by atoms with van der Waals surface area (Å²) in [4.78, 5) is 24.3. The number of rotatable bonds is 4. The van der Waals surface area contributed by atoms with Crippen LogP contribution in [0.5, 0.6) is 0 Å². The van der Waals surface area contributed by atoms with E-state index >= 15 is 0 Å². The van der Waals surface area contributed by atoms with Crippen LogP contribution in [0.15, 0.2) is 140 Å². The predicted molar refractivity (Wildman–Crippen MR) is 175 cm³/mol. The maximum Gasteiger partial charge on any atom is 0.238 e. The van der Waals surface area contributed by atoms with Crippen LogP contribution >= 0.6 is 0 Å². The van der Waals surface area contributed by atoms with E-state index in [1.54, 1.807) is 0 Å². The van der Waals surface area contributed by atoms with Gasteiger partial charge in [0.05, 0.1) is 34.5 Å². The molecule has 0 amide bonds. The van der Waals surface area contributed by atoms with Gasteiger partial charge in [0, 0.05) is 50.8 Å². The minimum absolute atomic E-state index is 0.529. The van der Waals surface area contributed by atoms with Crippen LogP contribution in [0.1, 0.15) is 0 Å². The van der Waals surface area contributed by atoms with E-state index in [1.807, 2.05) is 91.5 Å². The van der Waals surface area contributed by atoms with Gasteiger partial charge in [-0.1, -0.05) is 91.0 Å². The SMILES string of the molecule is c1ccc(-c2nc(-c3ccccc3)nc(-n3c4cnccc4c4ccc5c6ccncc6n(-c6ccccc6)c5c43)n2)cc1. The van der Waals surface area contributed by atoms with E-state index in [9.17, 15) is 0 Å². The first-order chi connectivity index (χ1) is 21.8. The summed E-state index contributed by atoms with van der Waals surface area (Å²) in [7, 11) is 0. The minimum Gasteiger partial charge on any atom is -0.306 e. The van der Waals surface area contributed by atoms with E-state index in [0.29, 0.717) is 17.6 Å². The number of nitrogens with zero attached hydrogens (tertiary/aromatic N) is 7. The van der Waals surface area contributed by atoms with Crippen molar-refractivity contribution < 1.29 is 0 Å². The van der Waals surface area contributed by atoms with Gasteiger partial charge in [-0.25, -0.2) is 4.98 Å². The molecule has 0 bridgehead atoms. The summed E-state index contributed by atoms with van der Waals surface area (Å²) >= 11 is 0. The summed E-state index contributed by atoms with van der Waals surface area (Å²) in [5.74, 6) is 1.74. The van der Waals surface area contributed by atoms with Gasteiger partial charge >= 0.3 is 0 Å². The van der Waals surface area contributed by atoms with Gasteiger partial charge in [0.25, 0.3) is 0 Å². The Bertz CT molecular complexity index is 2420. The maximum absolute atomic E-state index is 5.13. The maximum atomic E-state index is 5.13. The predicted octanol–water partition coefficient (Wildman–Crippen LogP) is 8.19. The third-order valence-corrected chi connectivity index (χ3v) is 8.16. The zero-order chi connectivity index (χ0) is 29.0. The Morgan fingerprint density at radius 1 is 0.409 bits per heavy atom. The molecule has 206 valence electrons. The highest BCUT2D eigenvalue weighted by Gasteiger charge is 2.23. The first-order valence-electron chi connectivity index (χ1n) is 14.4. The van der Waals surface area contributed by atoms with E-state index in [2.05, 4.69) is 67.6 Å². The first-order valence-corrected chi connectivity index (χ1v) is 14.4. The van der Waals surface area contributed by atoms with E-state index < -0.39 is 0 Å². The lowest BCUT2D eigenvalue weighted by atomic mass is 10.1. The third kappa shape index (κ3) is 3.66. The largest absolute Gasteiger partial charge is 0.306 e. The number of benzene rings is 4. The molecule has 0 saturated carbocycles. The van der Waals surface area contributed by atoms with Gasteiger partial charge in [0.2, 0.25) is 5.95 Å². The van der Waals surface area contributed by atoms with Crippen molar-refractivity contribution in [1.29, 1.82) is 0 Å². The number of aromatic nitrogens is 7. The van der Waals surface area contributed by atoms with Gasteiger partial charge in [-0.15, -0.1) is 0 Å². The van der Waals surface area contributed by atoms with E-state index in [1.165, 1.54) is 0 Å². The smallest absolute Gasteiger partial charge is 0.238 e. The molecule has 0 radical (unpaired) electrons. The summed E-state index contributed by atoms with van der Waals surface area (Å²) in [5.41, 5.74) is 6.88. The molecule has 9 aromatic rings. The Morgan fingerprint density at radius 3 is 1.43 bits per heavy atom. The van der Waals surface area contributed by atoms with Crippen LogP contribution in [-0.4, -0.2) is 34.1 Å². The van der Waals surface area contributed by atoms with Crippen LogP contribution in [-0.2, 0) is 0 Å². The lowest BCUT2D eigenvalue weighted by molar-refractivity contribution is 0.951. The molecule has 0 atom stereocenters. The summed E-state index contributed by atoms with van der Waals surface area (Å²) in [6.07, 6.45) is 7.52. The van der Waals surface area contributed by atoms with Crippen LogP contribution in [0, 0.1) is 0 Å². The van der Waals surface area contributed by atoms with Crippen molar-refractivity contribution >= 4 is 43.6 Å². The summed E-state index contributed by atoms with van der Waals surface area (Å²) in [5, 5.41) is 4.41. The van der Waals surface area contributed by atoms with E-state index in [0.717, 1.165) is 60.4 Å². The molecule has 0 aliphatic rings. The highest BCUT2D eigenvalue weighted by molar-refractivity contribution is 6.23. The summed E-state index contributed by atoms with van der Waals surface area (Å²) < 4.78 is 4.44. The highest BCUT2D eigenvalue weighted by Crippen LogP contribution is 2.41. The molecule has 7 heteroatoms. The molecule has 0 saturated heterocycles. The fraction of sp³-hybridized carbons (Fsp3) is 0. The molecule has 5 aromatic heterocycles. The molecule has 7 nitrogen and oxygen atoms in total. The van der Waals surface area contributed by atoms with Gasteiger partial charge in [-0.3, -0.25) is 14.5 Å². The van der Waals surface area contributed by atoms with Crippen molar-refractivity contribution in [3.05, 3.63) is 140 Å². The van der Waals surface area contributed by atoms with Gasteiger partial charge in [-0.05, 0) is 24.3 Å². The summed E-state index contributed by atoms with van der Waals surface area (Å²) in [6, 6.07) is 39.1. The number of pyridine rings is 2. The van der Waals surface area contributed by atoms with Crippen molar-refractivity contribution in [1.82, 2.24) is 34.1 Å². The number of hydrogen-bond acceptors (Lipinski definition) is 5. The topological polar surface area (TPSA) is 74.3 Å². The zero-order valence-electron chi connectivity index (χ0n) is 23.4. The standard InChI is InChI=1S/C37H23N7/c1-4-10-24(11-5-1)35-40-36(25-12-6-2-7-13-25)42-37(41-35)44-32-23-39-21-19-28(32)30-17-16-29-27-18-20-38-22-31(27)43(33(29)34(30)44)26-14-8-3-9-15-26/h1-23H. The highest BCUT2D eigenvalue weighted by atomic mass is 15.2. The van der Waals surface area contributed by atoms with Crippen LogP contribution < -0.4 is 0 Å². The Labute approximate surface area is 251 Å². The minimum atomic E-state index is 0.529. The average molecular weight is 566 g/mol. The molecule has 44 heavy (non-hydrogen) atoms. The van der Waals surface area contributed by atoms with Crippen molar-refractivity contribution in [3.8, 4) is 34.4 Å². The quantitative estimate of drug-likeness (QED) is 0.215. The number of para-hydroxylation sites is 1. The molecule has 0 unspecified atom stereocenters. The van der Waals surface area contributed by atoms with Crippen molar-refractivity contribution in [2.45, 2.75) is 0 Å². The molecule has 5 heterocycles. The molecule has 9 rings (SSSR count). The van der Waals surface area contributed by atoms with E-state index in [4.69, 9.17) is 15.0 Å². The number of fused-ring (bicyclic) bond motifs is 7. The monoisotopic (exact) mass is 565 g/mol. The Morgan fingerprint density at radius 2 is 0.886 bits per heavy atom. The van der Waals surface area contributed by atoms with Crippen molar-refractivity contribution in [2.75, 3.05) is 0 Å². The second-order valence-electron chi connectivity index (χ2n) is 10.7. The average Bonchev–Trinajstić information content (AvgIpc) is 3.62. The van der Waals surface area contributed by atoms with Gasteiger partial charge in [-0.2, -0.15) is 9.97 Å². The third-order valence-electron chi connectivity index (χ3n) is 8.16. The molecule has 4 aromatic carbocycles. The summed E-state index contributed by atoms with van der Waals surface area (Å²) in [6.45, 7) is 0. The van der Waals surface area contributed by atoms with Gasteiger partial charge in [0.1, 0.15) is 0 Å². The molecule has 0 N–H and O–H groups in total. The van der Waals surface area contributed by atoms with E-state index in [-0.39, 0.29) is 0 Å².